The molecule has 0 saturated carbocycles. The largest absolute Gasteiger partial charge is 0.135 e. The maximum Gasteiger partial charge on any atom is 0.0361 e. The maximum absolute atomic E-state index is 2.42. The normalized spacial score (nSPS) is 12.0. The summed E-state index contributed by atoms with van der Waals surface area (Å²) in [7, 11) is 0. The summed E-state index contributed by atoms with van der Waals surface area (Å²) in [4.78, 5) is 0. The van der Waals surface area contributed by atoms with Crippen LogP contribution in [0, 0.1) is 0 Å². The fourth-order valence-electron chi connectivity index (χ4n) is 8.19. The van der Waals surface area contributed by atoms with Gasteiger partial charge in [0.15, 0.2) is 0 Å². The van der Waals surface area contributed by atoms with Crippen LogP contribution in [0.5, 0.6) is 0 Å². The first kappa shape index (κ1) is 28.1. The van der Waals surface area contributed by atoms with Crippen molar-refractivity contribution < 1.29 is 0 Å². The predicted octanol–water partition coefficient (Wildman–Crippen LogP) is 14.9. The molecule has 0 fully saturated rings. The second-order valence-electron chi connectivity index (χ2n) is 13.2. The predicted molar refractivity (Wildman–Crippen MR) is 221 cm³/mol. The van der Waals surface area contributed by atoms with E-state index in [2.05, 4.69) is 170 Å². The summed E-state index contributed by atoms with van der Waals surface area (Å²) in [5, 5.41) is 13.2. The molecule has 9 aromatic carbocycles. The molecule has 11 rings (SSSR count). The van der Waals surface area contributed by atoms with Gasteiger partial charge in [-0.3, -0.25) is 0 Å². The van der Waals surface area contributed by atoms with Crippen LogP contribution in [0.2, 0.25) is 0 Å². The lowest BCUT2D eigenvalue weighted by atomic mass is 9.86. The Bertz CT molecular complexity index is 3080. The highest BCUT2D eigenvalue weighted by Gasteiger charge is 2.18. The number of benzene rings is 9. The van der Waals surface area contributed by atoms with E-state index in [1.54, 1.807) is 0 Å². The SMILES string of the molecule is c1ccc(-c2c3ccccc3c(-c3ccc4c(c3)sc3cc(-c5ccc6c(c5)sc5ccc7ccccc7c56)ccc34)c3ccccc23)cc1. The van der Waals surface area contributed by atoms with Crippen molar-refractivity contribution in [2.45, 2.75) is 0 Å². The van der Waals surface area contributed by atoms with Gasteiger partial charge in [0.05, 0.1) is 0 Å². The molecule has 2 heteroatoms. The van der Waals surface area contributed by atoms with E-state index in [9.17, 15) is 0 Å². The lowest BCUT2D eigenvalue weighted by molar-refractivity contribution is 1.66. The molecule has 0 nitrogen and oxygen atoms in total. The zero-order valence-electron chi connectivity index (χ0n) is 27.0. The van der Waals surface area contributed by atoms with E-state index in [-0.39, 0.29) is 0 Å². The van der Waals surface area contributed by atoms with E-state index in [4.69, 9.17) is 0 Å². The summed E-state index contributed by atoms with van der Waals surface area (Å²) in [6, 6.07) is 63.1. The summed E-state index contributed by atoms with van der Waals surface area (Å²) in [6.45, 7) is 0. The molecule has 0 aliphatic heterocycles. The van der Waals surface area contributed by atoms with Gasteiger partial charge in [-0.2, -0.15) is 0 Å². The van der Waals surface area contributed by atoms with E-state index >= 15 is 0 Å². The molecule has 0 spiro atoms. The quantitative estimate of drug-likeness (QED) is 0.164. The van der Waals surface area contributed by atoms with Gasteiger partial charge >= 0.3 is 0 Å². The lowest BCUT2D eigenvalue weighted by Crippen LogP contribution is -1.90. The Morgan fingerprint density at radius 2 is 0.720 bits per heavy atom. The van der Waals surface area contributed by atoms with Crippen molar-refractivity contribution in [2.75, 3.05) is 0 Å². The highest BCUT2D eigenvalue weighted by Crippen LogP contribution is 2.46. The van der Waals surface area contributed by atoms with E-state index in [0.717, 1.165) is 0 Å². The van der Waals surface area contributed by atoms with Crippen LogP contribution in [0.1, 0.15) is 0 Å². The van der Waals surface area contributed by atoms with E-state index in [1.807, 2.05) is 22.7 Å². The fraction of sp³-hybridized carbons (Fsp3) is 0. The summed E-state index contributed by atoms with van der Waals surface area (Å²) < 4.78 is 5.34. The van der Waals surface area contributed by atoms with Gasteiger partial charge in [0, 0.05) is 40.3 Å². The Hall–Kier alpha value is -5.80. The molecule has 2 heterocycles. The van der Waals surface area contributed by atoms with Crippen molar-refractivity contribution in [2.24, 2.45) is 0 Å². The minimum atomic E-state index is 1.25. The van der Waals surface area contributed by atoms with Crippen LogP contribution in [0.4, 0.5) is 0 Å². The number of fused-ring (bicyclic) bond motifs is 10. The smallest absolute Gasteiger partial charge is 0.0361 e. The van der Waals surface area contributed by atoms with Gasteiger partial charge in [0.1, 0.15) is 0 Å². The van der Waals surface area contributed by atoms with Crippen molar-refractivity contribution in [1.82, 2.24) is 0 Å². The van der Waals surface area contributed by atoms with Crippen LogP contribution in [-0.2, 0) is 0 Å². The van der Waals surface area contributed by atoms with Gasteiger partial charge in [-0.25, -0.2) is 0 Å². The van der Waals surface area contributed by atoms with Gasteiger partial charge in [-0.1, -0.05) is 146 Å². The third-order valence-electron chi connectivity index (χ3n) is 10.5. The van der Waals surface area contributed by atoms with Gasteiger partial charge in [0.25, 0.3) is 0 Å². The number of thiophene rings is 2. The average molecular weight is 669 g/mol. The zero-order valence-corrected chi connectivity index (χ0v) is 28.6. The first-order valence-electron chi connectivity index (χ1n) is 17.1. The molecule has 0 saturated heterocycles. The Balaban J connectivity index is 1.06. The van der Waals surface area contributed by atoms with Crippen molar-refractivity contribution in [3.05, 3.63) is 170 Å². The summed E-state index contributed by atoms with van der Waals surface area (Å²) in [5.41, 5.74) is 7.66. The number of hydrogen-bond acceptors (Lipinski definition) is 2. The molecule has 0 bridgehead atoms. The molecule has 0 atom stereocenters. The van der Waals surface area contributed by atoms with Crippen LogP contribution in [-0.4, -0.2) is 0 Å². The molecule has 0 unspecified atom stereocenters. The monoisotopic (exact) mass is 668 g/mol. The molecular formula is C48H28S2. The minimum absolute atomic E-state index is 1.25. The van der Waals surface area contributed by atoms with Crippen LogP contribution < -0.4 is 0 Å². The van der Waals surface area contributed by atoms with Crippen LogP contribution in [0.15, 0.2) is 170 Å². The molecule has 2 aromatic heterocycles. The Kier molecular flexibility index (Phi) is 6.09. The summed E-state index contributed by atoms with van der Waals surface area (Å²) >= 11 is 3.80. The molecule has 232 valence electrons. The molecule has 50 heavy (non-hydrogen) atoms. The van der Waals surface area contributed by atoms with Crippen molar-refractivity contribution in [3.8, 4) is 33.4 Å². The summed E-state index contributed by atoms with van der Waals surface area (Å²) in [6.07, 6.45) is 0. The highest BCUT2D eigenvalue weighted by atomic mass is 32.1. The minimum Gasteiger partial charge on any atom is -0.135 e. The van der Waals surface area contributed by atoms with Gasteiger partial charge in [-0.15, -0.1) is 22.7 Å². The fourth-order valence-corrected chi connectivity index (χ4v) is 10.5. The highest BCUT2D eigenvalue weighted by molar-refractivity contribution is 7.26. The molecule has 0 aliphatic carbocycles. The molecular weight excluding hydrogens is 641 g/mol. The van der Waals surface area contributed by atoms with Gasteiger partial charge in [-0.05, 0) is 90.0 Å². The second kappa shape index (κ2) is 10.9. The van der Waals surface area contributed by atoms with Crippen molar-refractivity contribution in [1.29, 1.82) is 0 Å². The third-order valence-corrected chi connectivity index (χ3v) is 12.7. The van der Waals surface area contributed by atoms with Gasteiger partial charge in [0.2, 0.25) is 0 Å². The lowest BCUT2D eigenvalue weighted by Gasteiger charge is -2.17. The van der Waals surface area contributed by atoms with E-state index in [0.29, 0.717) is 0 Å². The molecule has 0 aliphatic rings. The molecule has 11 aromatic rings. The van der Waals surface area contributed by atoms with Crippen LogP contribution in [0.25, 0.3) is 106 Å². The average Bonchev–Trinajstić information content (AvgIpc) is 3.74. The third kappa shape index (κ3) is 4.16. The zero-order chi connectivity index (χ0) is 32.8. The van der Waals surface area contributed by atoms with Crippen molar-refractivity contribution >= 4 is 95.3 Å². The Labute approximate surface area is 297 Å². The maximum atomic E-state index is 2.42. The van der Waals surface area contributed by atoms with E-state index in [1.165, 1.54) is 106 Å². The molecule has 0 amide bonds. The van der Waals surface area contributed by atoms with Crippen LogP contribution >= 0.6 is 22.7 Å². The number of hydrogen-bond donors (Lipinski definition) is 0. The second-order valence-corrected chi connectivity index (χ2v) is 15.4. The summed E-state index contributed by atoms with van der Waals surface area (Å²) in [5.74, 6) is 0. The molecule has 0 N–H and O–H groups in total. The molecule has 0 radical (unpaired) electrons. The van der Waals surface area contributed by atoms with Crippen LogP contribution in [0.3, 0.4) is 0 Å². The first-order chi connectivity index (χ1) is 24.8. The van der Waals surface area contributed by atoms with Crippen molar-refractivity contribution in [3.63, 3.8) is 0 Å². The first-order valence-corrected chi connectivity index (χ1v) is 18.7. The standard InChI is InChI=1S/C48H28S2/c1-2-11-30(12-3-1)46-37-14-6-8-16-39(37)47(40-17-9-7-15-38(40)46)33-20-23-36-35-22-18-31(26-43(35)50-44(36)28-33)32-19-24-41-45(27-32)49-42-25-21-29-10-4-5-13-34(29)48(41)42/h1-28H. The van der Waals surface area contributed by atoms with E-state index < -0.39 is 0 Å². The Morgan fingerprint density at radius 3 is 1.36 bits per heavy atom. The topological polar surface area (TPSA) is 0 Å². The Morgan fingerprint density at radius 1 is 0.260 bits per heavy atom. The van der Waals surface area contributed by atoms with Gasteiger partial charge < -0.3 is 0 Å². The number of rotatable bonds is 3.